The van der Waals surface area contributed by atoms with Crippen LogP contribution in [0.3, 0.4) is 0 Å². The maximum Gasteiger partial charge on any atom is 0.343 e. The first-order chi connectivity index (χ1) is 19.6. The van der Waals surface area contributed by atoms with Gasteiger partial charge in [-0.05, 0) is 60.5 Å². The van der Waals surface area contributed by atoms with Gasteiger partial charge in [-0.2, -0.15) is 5.26 Å². The van der Waals surface area contributed by atoms with Crippen LogP contribution in [0.15, 0.2) is 109 Å². The molecule has 1 unspecified atom stereocenters. The molecule has 0 saturated heterocycles. The molecule has 0 fully saturated rings. The summed E-state index contributed by atoms with van der Waals surface area (Å²) in [6.45, 7) is 2.67. The van der Waals surface area contributed by atoms with Gasteiger partial charge in [0.25, 0.3) is 0 Å². The topological polar surface area (TPSA) is 104 Å². The molecule has 5 rings (SSSR count). The maximum atomic E-state index is 12.9. The first kappa shape index (κ1) is 26.4. The number of para-hydroxylation sites is 1. The Hall–Kier alpha value is -5.22. The van der Waals surface area contributed by atoms with E-state index in [0.29, 0.717) is 40.7 Å². The highest BCUT2D eigenvalue weighted by Crippen LogP contribution is 2.44. The molecule has 4 aromatic carbocycles. The van der Waals surface area contributed by atoms with E-state index in [0.717, 1.165) is 18.4 Å². The third-order valence-corrected chi connectivity index (χ3v) is 6.41. The van der Waals surface area contributed by atoms with Gasteiger partial charge in [0.15, 0.2) is 0 Å². The molecule has 0 bridgehead atoms. The highest BCUT2D eigenvalue weighted by Gasteiger charge is 2.31. The molecule has 4 aromatic rings. The number of nitrogens with two attached hydrogens (primary N) is 1. The largest absolute Gasteiger partial charge is 0.494 e. The Bertz CT molecular complexity index is 1590. The predicted molar refractivity (Wildman–Crippen MR) is 151 cm³/mol. The Kier molecular flexibility index (Phi) is 7.98. The van der Waals surface area contributed by atoms with Crippen molar-refractivity contribution in [3.8, 4) is 34.8 Å². The molecule has 0 aliphatic carbocycles. The number of fused-ring (bicyclic) bond motifs is 1. The van der Waals surface area contributed by atoms with Gasteiger partial charge >= 0.3 is 5.97 Å². The number of carbonyl (C=O) groups is 1. The second-order valence-corrected chi connectivity index (χ2v) is 9.23. The third-order valence-electron chi connectivity index (χ3n) is 6.41. The summed E-state index contributed by atoms with van der Waals surface area (Å²) in [5.74, 6) is 1.60. The van der Waals surface area contributed by atoms with E-state index in [1.807, 2.05) is 54.6 Å². The standard InChI is InChI=1S/C33H28N2O5/c1-2-3-17-37-25-13-8-10-23(19-25)33(36)39-27-15-16-28-30(20-27)40-32(35)29(21-34)31(28)22-9-7-14-26(18-22)38-24-11-5-4-6-12-24/h4-16,18-20,31H,2-3,17,35H2,1H3. The van der Waals surface area contributed by atoms with Crippen molar-refractivity contribution in [2.75, 3.05) is 6.61 Å². The lowest BCUT2D eigenvalue weighted by Gasteiger charge is -2.27. The van der Waals surface area contributed by atoms with Crippen LogP contribution in [0.2, 0.25) is 0 Å². The minimum atomic E-state index is -0.528. The number of hydrogen-bond donors (Lipinski definition) is 1. The zero-order valence-corrected chi connectivity index (χ0v) is 22.0. The number of carbonyl (C=O) groups excluding carboxylic acids is 1. The fourth-order valence-electron chi connectivity index (χ4n) is 4.44. The normalized spacial score (nSPS) is 13.9. The van der Waals surface area contributed by atoms with Crippen molar-refractivity contribution in [3.63, 3.8) is 0 Å². The Labute approximate surface area is 233 Å². The molecule has 1 aliphatic rings. The lowest BCUT2D eigenvalue weighted by Crippen LogP contribution is -2.21. The highest BCUT2D eigenvalue weighted by molar-refractivity contribution is 5.91. The summed E-state index contributed by atoms with van der Waals surface area (Å²) in [6, 6.07) is 31.1. The molecule has 7 heteroatoms. The first-order valence-corrected chi connectivity index (χ1v) is 13.0. The third kappa shape index (κ3) is 5.92. The molecule has 0 amide bonds. The summed E-state index contributed by atoms with van der Waals surface area (Å²) in [4.78, 5) is 12.9. The smallest absolute Gasteiger partial charge is 0.343 e. The first-order valence-electron chi connectivity index (χ1n) is 13.0. The fourth-order valence-corrected chi connectivity index (χ4v) is 4.44. The lowest BCUT2D eigenvalue weighted by atomic mass is 9.83. The average molecular weight is 533 g/mol. The molecular formula is C33H28N2O5. The van der Waals surface area contributed by atoms with Crippen LogP contribution in [0, 0.1) is 11.3 Å². The van der Waals surface area contributed by atoms with Gasteiger partial charge in [-0.1, -0.05) is 55.8 Å². The maximum absolute atomic E-state index is 12.9. The van der Waals surface area contributed by atoms with Gasteiger partial charge in [0.1, 0.15) is 40.4 Å². The van der Waals surface area contributed by atoms with Gasteiger partial charge in [0.2, 0.25) is 5.88 Å². The number of unbranched alkanes of at least 4 members (excludes halogenated alkanes) is 1. The summed E-state index contributed by atoms with van der Waals surface area (Å²) in [5.41, 5.74) is 8.36. The van der Waals surface area contributed by atoms with E-state index in [4.69, 9.17) is 24.7 Å². The van der Waals surface area contributed by atoms with Crippen molar-refractivity contribution < 1.29 is 23.7 Å². The number of nitrogens with zero attached hydrogens (tertiary/aromatic N) is 1. The molecule has 0 spiro atoms. The zero-order valence-electron chi connectivity index (χ0n) is 22.0. The van der Waals surface area contributed by atoms with Crippen LogP contribution in [-0.2, 0) is 0 Å². The molecule has 200 valence electrons. The highest BCUT2D eigenvalue weighted by atomic mass is 16.5. The minimum absolute atomic E-state index is 0.00483. The minimum Gasteiger partial charge on any atom is -0.494 e. The second kappa shape index (κ2) is 12.1. The van der Waals surface area contributed by atoms with Crippen LogP contribution in [0.4, 0.5) is 0 Å². The van der Waals surface area contributed by atoms with Crippen molar-refractivity contribution in [3.05, 3.63) is 125 Å². The Morgan fingerprint density at radius 3 is 2.48 bits per heavy atom. The summed E-state index contributed by atoms with van der Waals surface area (Å²) in [7, 11) is 0. The molecular weight excluding hydrogens is 504 g/mol. The predicted octanol–water partition coefficient (Wildman–Crippen LogP) is 7.10. The van der Waals surface area contributed by atoms with Crippen molar-refractivity contribution in [2.24, 2.45) is 5.73 Å². The molecule has 0 saturated carbocycles. The molecule has 0 radical (unpaired) electrons. The van der Waals surface area contributed by atoms with Crippen LogP contribution in [0.1, 0.15) is 47.2 Å². The molecule has 2 N–H and O–H groups in total. The lowest BCUT2D eigenvalue weighted by molar-refractivity contribution is 0.0734. The number of esters is 1. The van der Waals surface area contributed by atoms with Gasteiger partial charge in [0, 0.05) is 11.6 Å². The number of benzene rings is 4. The van der Waals surface area contributed by atoms with E-state index in [2.05, 4.69) is 13.0 Å². The van der Waals surface area contributed by atoms with Gasteiger partial charge in [0.05, 0.1) is 18.1 Å². The Morgan fingerprint density at radius 1 is 0.900 bits per heavy atom. The van der Waals surface area contributed by atoms with Crippen LogP contribution >= 0.6 is 0 Å². The summed E-state index contributed by atoms with van der Waals surface area (Å²) >= 11 is 0. The van der Waals surface area contributed by atoms with E-state index >= 15 is 0 Å². The number of ether oxygens (including phenoxy) is 4. The summed E-state index contributed by atoms with van der Waals surface area (Å²) < 4.78 is 23.2. The molecule has 7 nitrogen and oxygen atoms in total. The van der Waals surface area contributed by atoms with Crippen molar-refractivity contribution in [2.45, 2.75) is 25.7 Å². The second-order valence-electron chi connectivity index (χ2n) is 9.23. The van der Waals surface area contributed by atoms with E-state index < -0.39 is 11.9 Å². The van der Waals surface area contributed by atoms with Gasteiger partial charge in [-0.25, -0.2) is 4.79 Å². The SMILES string of the molecule is CCCCOc1cccc(C(=O)Oc2ccc3c(c2)OC(N)=C(C#N)C3c2cccc(Oc3ccccc3)c2)c1. The van der Waals surface area contributed by atoms with E-state index in [9.17, 15) is 10.1 Å². The summed E-state index contributed by atoms with van der Waals surface area (Å²) in [6.07, 6.45) is 1.95. The van der Waals surface area contributed by atoms with Crippen LogP contribution < -0.4 is 24.7 Å². The molecule has 40 heavy (non-hydrogen) atoms. The fraction of sp³-hybridized carbons (Fsp3) is 0.152. The summed E-state index contributed by atoms with van der Waals surface area (Å²) in [5, 5.41) is 9.93. The van der Waals surface area contributed by atoms with Crippen LogP contribution in [-0.4, -0.2) is 12.6 Å². The Morgan fingerprint density at radius 2 is 1.68 bits per heavy atom. The monoisotopic (exact) mass is 532 g/mol. The molecule has 1 atom stereocenters. The number of allylic oxidation sites excluding steroid dienone is 1. The number of nitriles is 1. The molecule has 1 heterocycles. The zero-order chi connectivity index (χ0) is 27.9. The quantitative estimate of drug-likeness (QED) is 0.139. The van der Waals surface area contributed by atoms with E-state index in [-0.39, 0.29) is 17.2 Å². The van der Waals surface area contributed by atoms with Gasteiger partial charge in [-0.15, -0.1) is 0 Å². The van der Waals surface area contributed by atoms with E-state index in [1.54, 1.807) is 42.5 Å². The van der Waals surface area contributed by atoms with E-state index in [1.165, 1.54) is 0 Å². The van der Waals surface area contributed by atoms with Crippen LogP contribution in [0.25, 0.3) is 0 Å². The average Bonchev–Trinajstić information content (AvgIpc) is 2.97. The van der Waals surface area contributed by atoms with Gasteiger partial charge in [-0.3, -0.25) is 0 Å². The Balaban J connectivity index is 1.40. The number of rotatable bonds is 9. The molecule has 1 aliphatic heterocycles. The molecule has 0 aromatic heterocycles. The number of hydrogen-bond acceptors (Lipinski definition) is 7. The van der Waals surface area contributed by atoms with Crippen molar-refractivity contribution >= 4 is 5.97 Å². The van der Waals surface area contributed by atoms with Gasteiger partial charge < -0.3 is 24.7 Å². The van der Waals surface area contributed by atoms with Crippen molar-refractivity contribution in [1.82, 2.24) is 0 Å². The van der Waals surface area contributed by atoms with Crippen LogP contribution in [0.5, 0.6) is 28.7 Å². The van der Waals surface area contributed by atoms with Crippen molar-refractivity contribution in [1.29, 1.82) is 5.26 Å².